The van der Waals surface area contributed by atoms with Gasteiger partial charge in [0.15, 0.2) is 0 Å². The molecule has 1 fully saturated rings. The molecule has 5 heavy (non-hydrogen) atoms. The number of alkyl halides is 1. The molecule has 1 nitrogen and oxygen atoms in total. The van der Waals surface area contributed by atoms with E-state index in [0.29, 0.717) is 5.88 Å². The molecule has 0 N–H and O–H groups in total. The fraction of sp³-hybridized carbons (Fsp3) is 0.667. The highest BCUT2D eigenvalue weighted by Gasteiger charge is 2.37. The molecule has 28 valence electrons. The van der Waals surface area contributed by atoms with Gasteiger partial charge in [-0.3, -0.25) is 0 Å². The molecule has 2 heteroatoms. The van der Waals surface area contributed by atoms with E-state index in [-0.39, 0.29) is 6.10 Å². The van der Waals surface area contributed by atoms with Gasteiger partial charge in [0.05, 0.1) is 5.88 Å². The molecule has 0 aromatic carbocycles. The van der Waals surface area contributed by atoms with Crippen molar-refractivity contribution in [1.82, 2.24) is 0 Å². The van der Waals surface area contributed by atoms with Gasteiger partial charge in [0.2, 0.25) is 0 Å². The van der Waals surface area contributed by atoms with Gasteiger partial charge in [-0.05, 0) is 0 Å². The zero-order valence-electron chi connectivity index (χ0n) is 2.65. The van der Waals surface area contributed by atoms with Crippen LogP contribution in [0.2, 0.25) is 0 Å². The first kappa shape index (κ1) is 3.32. The topological polar surface area (TPSA) is 12.5 Å². The lowest BCUT2D eigenvalue weighted by molar-refractivity contribution is 0.445. The largest absolute Gasteiger partial charge is 0.288 e. The quantitative estimate of drug-likeness (QED) is 0.264. The third kappa shape index (κ3) is 0.706. The third-order valence-corrected chi connectivity index (χ3v) is 0.785. The highest BCUT2D eigenvalue weighted by atomic mass is 35.5. The Hall–Kier alpha value is 0.120. The number of epoxide rings is 1. The van der Waals surface area contributed by atoms with Crippen LogP contribution in [0.1, 0.15) is 0 Å². The molecule has 0 aromatic heterocycles. The summed E-state index contributed by atoms with van der Waals surface area (Å²) in [5.41, 5.74) is 0. The molecule has 0 amide bonds. The van der Waals surface area contributed by atoms with Gasteiger partial charge in [0.25, 0.3) is 12.7 Å². The summed E-state index contributed by atoms with van der Waals surface area (Å²) in [6.07, 6.45) is 0.275. The minimum absolute atomic E-state index is 0.275. The predicted molar refractivity (Wildman–Crippen MR) is 19.9 cm³/mol. The lowest BCUT2D eigenvalue weighted by atomic mass is 10.6. The maximum atomic E-state index is 5.24. The van der Waals surface area contributed by atoms with Crippen LogP contribution in [-0.2, 0) is 4.74 Å². The van der Waals surface area contributed by atoms with Gasteiger partial charge in [0, 0.05) is 0 Å². The number of ether oxygens (including phenoxy) is 1. The SMILES string of the molecule is ClCC1[CH+]O1. The summed E-state index contributed by atoms with van der Waals surface area (Å²) in [6, 6.07) is 0. The van der Waals surface area contributed by atoms with Gasteiger partial charge in [-0.2, -0.15) is 0 Å². The van der Waals surface area contributed by atoms with Crippen molar-refractivity contribution in [3.8, 4) is 0 Å². The van der Waals surface area contributed by atoms with Gasteiger partial charge in [-0.15, -0.1) is 16.3 Å². The lowest BCUT2D eigenvalue weighted by Gasteiger charge is -1.55. The average molecular weight is 91.5 g/mol. The van der Waals surface area contributed by atoms with Crippen molar-refractivity contribution in [1.29, 1.82) is 0 Å². The monoisotopic (exact) mass is 91.0 g/mol. The molecule has 0 radical (unpaired) electrons. The molecule has 0 saturated carbocycles. The molecule has 1 saturated heterocycles. The number of hydrogen-bond donors (Lipinski definition) is 0. The molecule has 1 atom stereocenters. The minimum Gasteiger partial charge on any atom is -0.138 e. The van der Waals surface area contributed by atoms with Crippen molar-refractivity contribution in [2.24, 2.45) is 0 Å². The summed E-state index contributed by atoms with van der Waals surface area (Å²) in [5, 5.41) is 0. The van der Waals surface area contributed by atoms with Crippen LogP contribution in [0, 0.1) is 6.61 Å². The van der Waals surface area contributed by atoms with Crippen molar-refractivity contribution in [2.75, 3.05) is 5.88 Å². The summed E-state index contributed by atoms with van der Waals surface area (Å²) in [4.78, 5) is 0. The highest BCUT2D eigenvalue weighted by Crippen LogP contribution is 2.15. The van der Waals surface area contributed by atoms with E-state index >= 15 is 0 Å². The molecular formula is C3H4ClO+. The molecule has 1 unspecified atom stereocenters. The number of halogens is 1. The van der Waals surface area contributed by atoms with Crippen LogP contribution in [0.3, 0.4) is 0 Å². The summed E-state index contributed by atoms with van der Waals surface area (Å²) < 4.78 is 4.60. The van der Waals surface area contributed by atoms with Gasteiger partial charge in [-0.1, -0.05) is 0 Å². The maximum absolute atomic E-state index is 5.24. The molecular weight excluding hydrogens is 87.5 g/mol. The fourth-order valence-electron chi connectivity index (χ4n) is 0.128. The van der Waals surface area contributed by atoms with E-state index in [2.05, 4.69) is 4.74 Å². The Morgan fingerprint density at radius 3 is 2.60 bits per heavy atom. The normalized spacial score (nSPS) is 32.6. The van der Waals surface area contributed by atoms with Gasteiger partial charge >= 0.3 is 0 Å². The van der Waals surface area contributed by atoms with Crippen molar-refractivity contribution < 1.29 is 4.74 Å². The van der Waals surface area contributed by atoms with E-state index in [4.69, 9.17) is 11.6 Å². The lowest BCUT2D eigenvalue weighted by Crippen LogP contribution is -1.78. The van der Waals surface area contributed by atoms with Crippen LogP contribution < -0.4 is 0 Å². The Morgan fingerprint density at radius 2 is 2.60 bits per heavy atom. The van der Waals surface area contributed by atoms with E-state index < -0.39 is 0 Å². The first-order valence-corrected chi connectivity index (χ1v) is 2.01. The van der Waals surface area contributed by atoms with Crippen molar-refractivity contribution in [2.45, 2.75) is 6.10 Å². The predicted octanol–water partition coefficient (Wildman–Crippen LogP) is 0.786. The Labute approximate surface area is 35.9 Å². The Balaban J connectivity index is 2.00. The zero-order chi connectivity index (χ0) is 3.70. The van der Waals surface area contributed by atoms with Crippen molar-refractivity contribution in [3.63, 3.8) is 0 Å². The summed E-state index contributed by atoms with van der Waals surface area (Å²) in [7, 11) is 0. The second-order valence-electron chi connectivity index (χ2n) is 0.965. The number of rotatable bonds is 1. The van der Waals surface area contributed by atoms with Crippen molar-refractivity contribution >= 4 is 11.6 Å². The van der Waals surface area contributed by atoms with Crippen LogP contribution in [0.4, 0.5) is 0 Å². The van der Waals surface area contributed by atoms with Crippen molar-refractivity contribution in [3.05, 3.63) is 6.61 Å². The molecule has 0 spiro atoms. The first-order valence-electron chi connectivity index (χ1n) is 1.48. The second-order valence-corrected chi connectivity index (χ2v) is 1.27. The number of hydrogen-bond acceptors (Lipinski definition) is 1. The van der Waals surface area contributed by atoms with Crippen LogP contribution in [0.25, 0.3) is 0 Å². The molecule has 0 bridgehead atoms. The third-order valence-electron chi connectivity index (χ3n) is 0.481. The van der Waals surface area contributed by atoms with E-state index in [1.165, 1.54) is 0 Å². The van der Waals surface area contributed by atoms with Crippen LogP contribution in [0.5, 0.6) is 0 Å². The maximum Gasteiger partial charge on any atom is 0.288 e. The van der Waals surface area contributed by atoms with E-state index in [0.717, 1.165) is 0 Å². The molecule has 1 aliphatic heterocycles. The smallest absolute Gasteiger partial charge is 0.138 e. The Kier molecular flexibility index (Phi) is 0.710. The Bertz CT molecular complexity index is 33.9. The fourth-order valence-corrected chi connectivity index (χ4v) is 0.274. The molecule has 1 heterocycles. The van der Waals surface area contributed by atoms with E-state index in [9.17, 15) is 0 Å². The summed E-state index contributed by atoms with van der Waals surface area (Å²) in [6.45, 7) is 1.72. The standard InChI is InChI=1S/C3H4ClO/c4-1-3-2-5-3/h2-3H,1H2/q+1. The molecule has 0 aromatic rings. The molecule has 0 aliphatic carbocycles. The Morgan fingerprint density at radius 1 is 2.00 bits per heavy atom. The van der Waals surface area contributed by atoms with Gasteiger partial charge in [0.1, 0.15) is 0 Å². The van der Waals surface area contributed by atoms with E-state index in [1.807, 2.05) is 0 Å². The molecule has 1 rings (SSSR count). The van der Waals surface area contributed by atoms with Crippen LogP contribution >= 0.6 is 11.6 Å². The second kappa shape index (κ2) is 1.07. The highest BCUT2D eigenvalue weighted by molar-refractivity contribution is 6.18. The average Bonchev–Trinajstić information content (AvgIpc) is 2.12. The van der Waals surface area contributed by atoms with Gasteiger partial charge in [-0.25, -0.2) is 0 Å². The van der Waals surface area contributed by atoms with Gasteiger partial charge < -0.3 is 0 Å². The summed E-state index contributed by atoms with van der Waals surface area (Å²) >= 11 is 5.24. The minimum atomic E-state index is 0.275. The van der Waals surface area contributed by atoms with E-state index in [1.54, 1.807) is 6.61 Å². The van der Waals surface area contributed by atoms with Crippen LogP contribution in [-0.4, -0.2) is 12.0 Å². The zero-order valence-corrected chi connectivity index (χ0v) is 3.40. The summed E-state index contributed by atoms with van der Waals surface area (Å²) in [5.74, 6) is 0.611. The first-order chi connectivity index (χ1) is 2.43. The molecule has 1 aliphatic rings. The van der Waals surface area contributed by atoms with Crippen LogP contribution in [0.15, 0.2) is 0 Å².